The average molecular weight is 931 g/mol. The van der Waals surface area contributed by atoms with E-state index in [1.807, 2.05) is 0 Å². The molecule has 0 aliphatic rings. The van der Waals surface area contributed by atoms with Gasteiger partial charge in [0.05, 0.1) is 0 Å². The molecule has 0 heterocycles. The SMILES string of the molecule is CC/C=C\C/C=C\C/C=C\C/C=C\C/C=C\C/C=C\CCCCCCCCC(=O)OCC(COC(=O)CCCCCCCCCCCC)OC(=O)CCCCCCC/C=C\C/C=C\CCCC. The fourth-order valence-corrected chi connectivity index (χ4v) is 7.40. The third-order valence-corrected chi connectivity index (χ3v) is 11.6. The van der Waals surface area contributed by atoms with Crippen LogP contribution in [0.1, 0.15) is 252 Å². The van der Waals surface area contributed by atoms with Gasteiger partial charge < -0.3 is 14.2 Å². The fraction of sp³-hybridized carbons (Fsp3) is 0.689. The molecule has 1 unspecified atom stereocenters. The molecule has 0 fully saturated rings. The Balaban J connectivity index is 4.33. The van der Waals surface area contributed by atoms with Gasteiger partial charge in [-0.2, -0.15) is 0 Å². The molecule has 6 heteroatoms. The molecule has 0 aliphatic heterocycles. The van der Waals surface area contributed by atoms with Gasteiger partial charge >= 0.3 is 17.9 Å². The van der Waals surface area contributed by atoms with Crippen LogP contribution >= 0.6 is 0 Å². The van der Waals surface area contributed by atoms with Crippen LogP contribution in [-0.4, -0.2) is 37.2 Å². The predicted molar refractivity (Wildman–Crippen MR) is 288 cm³/mol. The van der Waals surface area contributed by atoms with E-state index in [1.54, 1.807) is 0 Å². The maximum atomic E-state index is 12.8. The van der Waals surface area contributed by atoms with Crippen LogP contribution in [0.2, 0.25) is 0 Å². The van der Waals surface area contributed by atoms with Gasteiger partial charge in [0.25, 0.3) is 0 Å². The average Bonchev–Trinajstić information content (AvgIpc) is 3.33. The molecule has 0 saturated carbocycles. The lowest BCUT2D eigenvalue weighted by Crippen LogP contribution is -2.30. The third kappa shape index (κ3) is 53.2. The van der Waals surface area contributed by atoms with Crippen LogP contribution in [0, 0.1) is 0 Å². The number of esters is 3. The van der Waals surface area contributed by atoms with Crippen molar-refractivity contribution in [3.63, 3.8) is 0 Å². The van der Waals surface area contributed by atoms with Gasteiger partial charge in [-0.05, 0) is 96.3 Å². The van der Waals surface area contributed by atoms with Crippen molar-refractivity contribution in [3.05, 3.63) is 97.2 Å². The predicted octanol–water partition coefficient (Wildman–Crippen LogP) is 18.5. The quantitative estimate of drug-likeness (QED) is 0.0262. The normalized spacial score (nSPS) is 12.8. The lowest BCUT2D eigenvalue weighted by molar-refractivity contribution is -0.167. The van der Waals surface area contributed by atoms with Crippen LogP contribution in [-0.2, 0) is 28.6 Å². The molecule has 0 aromatic carbocycles. The molecular formula is C61H102O6. The number of ether oxygens (including phenoxy) is 3. The lowest BCUT2D eigenvalue weighted by atomic mass is 10.1. The molecule has 0 spiro atoms. The van der Waals surface area contributed by atoms with Gasteiger partial charge in [-0.3, -0.25) is 14.4 Å². The maximum absolute atomic E-state index is 12.8. The number of unbranched alkanes of at least 4 members (excludes halogenated alkanes) is 22. The van der Waals surface area contributed by atoms with Crippen molar-refractivity contribution < 1.29 is 28.6 Å². The van der Waals surface area contributed by atoms with Crippen molar-refractivity contribution in [2.75, 3.05) is 13.2 Å². The van der Waals surface area contributed by atoms with Crippen molar-refractivity contribution in [1.29, 1.82) is 0 Å². The van der Waals surface area contributed by atoms with Gasteiger partial charge in [0.15, 0.2) is 6.10 Å². The number of carbonyl (C=O) groups excluding carboxylic acids is 3. The first-order chi connectivity index (χ1) is 33.0. The third-order valence-electron chi connectivity index (χ3n) is 11.6. The fourth-order valence-electron chi connectivity index (χ4n) is 7.40. The van der Waals surface area contributed by atoms with E-state index in [0.29, 0.717) is 19.3 Å². The zero-order valence-electron chi connectivity index (χ0n) is 43.6. The highest BCUT2D eigenvalue weighted by Gasteiger charge is 2.19. The molecule has 0 amide bonds. The topological polar surface area (TPSA) is 78.9 Å². The zero-order chi connectivity index (χ0) is 48.6. The summed E-state index contributed by atoms with van der Waals surface area (Å²) in [5.41, 5.74) is 0. The van der Waals surface area contributed by atoms with E-state index in [9.17, 15) is 14.4 Å². The van der Waals surface area contributed by atoms with E-state index in [2.05, 4.69) is 118 Å². The standard InChI is InChI=1S/C61H102O6/c1-4-7-10-13-16-19-22-24-26-27-28-29-30-31-32-33-34-35-36-38-39-42-45-48-51-54-60(63)66-57-58(56-65-59(62)53-50-47-44-41-21-18-15-12-9-6-3)67-61(64)55-52-49-46-43-40-37-25-23-20-17-14-11-8-5-2/h7,10,14,16-17,19,23-26,28-29,31-32,34-35,58H,4-6,8-9,11-13,15,18,20-22,27,30,33,36-57H2,1-3H3/b10-7-,17-14-,19-16-,25-23-,26-24-,29-28-,32-31-,35-34-. The van der Waals surface area contributed by atoms with Gasteiger partial charge in [-0.15, -0.1) is 0 Å². The number of hydrogen-bond donors (Lipinski definition) is 0. The van der Waals surface area contributed by atoms with E-state index < -0.39 is 6.10 Å². The Morgan fingerprint density at radius 2 is 0.597 bits per heavy atom. The molecule has 0 aromatic heterocycles. The van der Waals surface area contributed by atoms with Gasteiger partial charge in [0.2, 0.25) is 0 Å². The molecule has 0 N–H and O–H groups in total. The van der Waals surface area contributed by atoms with Crippen LogP contribution in [0.3, 0.4) is 0 Å². The molecule has 6 nitrogen and oxygen atoms in total. The molecule has 67 heavy (non-hydrogen) atoms. The molecule has 0 bridgehead atoms. The van der Waals surface area contributed by atoms with Crippen molar-refractivity contribution in [1.82, 2.24) is 0 Å². The highest BCUT2D eigenvalue weighted by molar-refractivity contribution is 5.71. The summed E-state index contributed by atoms with van der Waals surface area (Å²) in [5.74, 6) is -0.918. The minimum atomic E-state index is -0.789. The second-order valence-corrected chi connectivity index (χ2v) is 18.1. The first-order valence-electron chi connectivity index (χ1n) is 27.7. The largest absolute Gasteiger partial charge is 0.462 e. The van der Waals surface area contributed by atoms with Crippen LogP contribution in [0.25, 0.3) is 0 Å². The van der Waals surface area contributed by atoms with Crippen molar-refractivity contribution >= 4 is 17.9 Å². The number of carbonyl (C=O) groups is 3. The summed E-state index contributed by atoms with van der Waals surface area (Å²) in [6.45, 7) is 6.45. The summed E-state index contributed by atoms with van der Waals surface area (Å²) in [6.07, 6.45) is 72.5. The minimum absolute atomic E-state index is 0.0871. The van der Waals surface area contributed by atoms with Crippen LogP contribution in [0.5, 0.6) is 0 Å². The first-order valence-corrected chi connectivity index (χ1v) is 27.7. The minimum Gasteiger partial charge on any atom is -0.462 e. The molecule has 382 valence electrons. The Morgan fingerprint density at radius 1 is 0.313 bits per heavy atom. The van der Waals surface area contributed by atoms with Gasteiger partial charge in [0.1, 0.15) is 13.2 Å². The monoisotopic (exact) mass is 931 g/mol. The Labute approximate surface area is 413 Å². The van der Waals surface area contributed by atoms with E-state index in [4.69, 9.17) is 14.2 Å². The Hall–Kier alpha value is -3.67. The number of allylic oxidation sites excluding steroid dienone is 16. The Morgan fingerprint density at radius 3 is 0.955 bits per heavy atom. The zero-order valence-corrected chi connectivity index (χ0v) is 43.6. The van der Waals surface area contributed by atoms with E-state index in [0.717, 1.165) is 135 Å². The second-order valence-electron chi connectivity index (χ2n) is 18.1. The molecule has 0 rings (SSSR count). The van der Waals surface area contributed by atoms with E-state index in [-0.39, 0.29) is 31.1 Å². The van der Waals surface area contributed by atoms with Gasteiger partial charge in [-0.25, -0.2) is 0 Å². The smallest absolute Gasteiger partial charge is 0.306 e. The van der Waals surface area contributed by atoms with Gasteiger partial charge in [-0.1, -0.05) is 234 Å². The van der Waals surface area contributed by atoms with E-state index >= 15 is 0 Å². The lowest BCUT2D eigenvalue weighted by Gasteiger charge is -2.18. The van der Waals surface area contributed by atoms with Crippen LogP contribution in [0.15, 0.2) is 97.2 Å². The summed E-state index contributed by atoms with van der Waals surface area (Å²) in [6, 6.07) is 0. The summed E-state index contributed by atoms with van der Waals surface area (Å²) >= 11 is 0. The molecule has 0 aliphatic carbocycles. The molecule has 0 radical (unpaired) electrons. The maximum Gasteiger partial charge on any atom is 0.306 e. The Bertz CT molecular complexity index is 1350. The summed E-state index contributed by atoms with van der Waals surface area (Å²) < 4.78 is 16.8. The van der Waals surface area contributed by atoms with E-state index in [1.165, 1.54) is 77.0 Å². The summed E-state index contributed by atoms with van der Waals surface area (Å²) in [4.78, 5) is 38.0. The molecule has 1 atom stereocenters. The molecule has 0 saturated heterocycles. The van der Waals surface area contributed by atoms with Gasteiger partial charge in [0, 0.05) is 19.3 Å². The number of hydrogen-bond acceptors (Lipinski definition) is 6. The molecular weight excluding hydrogens is 829 g/mol. The van der Waals surface area contributed by atoms with Crippen LogP contribution in [0.4, 0.5) is 0 Å². The second kappa shape index (κ2) is 54.9. The highest BCUT2D eigenvalue weighted by Crippen LogP contribution is 2.14. The Kier molecular flexibility index (Phi) is 51.9. The summed E-state index contributed by atoms with van der Waals surface area (Å²) in [5, 5.41) is 0. The molecule has 0 aromatic rings. The number of rotatable bonds is 49. The highest BCUT2D eigenvalue weighted by atomic mass is 16.6. The first kappa shape index (κ1) is 63.3. The van der Waals surface area contributed by atoms with Crippen molar-refractivity contribution in [2.45, 2.75) is 258 Å². The van der Waals surface area contributed by atoms with Crippen LogP contribution < -0.4 is 0 Å². The van der Waals surface area contributed by atoms with Crippen molar-refractivity contribution in [2.24, 2.45) is 0 Å². The van der Waals surface area contributed by atoms with Crippen molar-refractivity contribution in [3.8, 4) is 0 Å². The summed E-state index contributed by atoms with van der Waals surface area (Å²) in [7, 11) is 0.